The van der Waals surface area contributed by atoms with Crippen LogP contribution in [0.15, 0.2) is 46.9 Å². The second-order valence-corrected chi connectivity index (χ2v) is 6.15. The van der Waals surface area contributed by atoms with Gasteiger partial charge in [0.2, 0.25) is 5.91 Å². The van der Waals surface area contributed by atoms with Crippen LogP contribution in [-0.2, 0) is 17.8 Å². The summed E-state index contributed by atoms with van der Waals surface area (Å²) in [7, 11) is 0. The van der Waals surface area contributed by atoms with Crippen LogP contribution in [0, 0.1) is 6.92 Å². The lowest BCUT2D eigenvalue weighted by atomic mass is 10.0. The summed E-state index contributed by atoms with van der Waals surface area (Å²) >= 11 is 3.50. The van der Waals surface area contributed by atoms with Crippen molar-refractivity contribution in [2.45, 2.75) is 26.3 Å². The Hall–Kier alpha value is -1.61. The first kappa shape index (κ1) is 13.4. The number of amides is 1. The number of rotatable bonds is 2. The van der Waals surface area contributed by atoms with Crippen molar-refractivity contribution in [1.82, 2.24) is 0 Å². The summed E-state index contributed by atoms with van der Waals surface area (Å²) in [4.78, 5) is 14.1. The van der Waals surface area contributed by atoms with Crippen molar-refractivity contribution in [2.75, 3.05) is 4.90 Å². The van der Waals surface area contributed by atoms with Gasteiger partial charge in [-0.1, -0.05) is 45.8 Å². The van der Waals surface area contributed by atoms with E-state index >= 15 is 0 Å². The number of nitrogens with zero attached hydrogens (tertiary/aromatic N) is 1. The smallest absolute Gasteiger partial charge is 0.227 e. The van der Waals surface area contributed by atoms with Gasteiger partial charge in [-0.05, 0) is 42.7 Å². The predicted octanol–water partition coefficient (Wildman–Crippen LogP) is 4.24. The number of aryl methyl sites for hydroxylation is 2. The van der Waals surface area contributed by atoms with E-state index in [1.807, 2.05) is 17.0 Å². The topological polar surface area (TPSA) is 20.3 Å². The summed E-state index contributed by atoms with van der Waals surface area (Å²) in [6.07, 6.45) is 1.42. The highest BCUT2D eigenvalue weighted by molar-refractivity contribution is 9.10. The molecular weight excluding hydrogens is 314 g/mol. The number of anilines is 1. The van der Waals surface area contributed by atoms with Gasteiger partial charge < -0.3 is 4.90 Å². The zero-order valence-electron chi connectivity index (χ0n) is 11.4. The molecule has 2 nitrogen and oxygen atoms in total. The molecule has 102 valence electrons. The molecule has 1 aliphatic rings. The lowest BCUT2D eigenvalue weighted by Crippen LogP contribution is -2.34. The molecule has 0 fully saturated rings. The van der Waals surface area contributed by atoms with Crippen LogP contribution in [-0.4, -0.2) is 5.91 Å². The minimum atomic E-state index is 0.209. The number of carbonyl (C=O) groups is 1. The molecule has 0 spiro atoms. The highest BCUT2D eigenvalue weighted by Crippen LogP contribution is 2.31. The molecule has 3 heteroatoms. The van der Waals surface area contributed by atoms with Gasteiger partial charge in [0.15, 0.2) is 0 Å². The fourth-order valence-electron chi connectivity index (χ4n) is 2.58. The van der Waals surface area contributed by atoms with Crippen molar-refractivity contribution in [3.8, 4) is 0 Å². The third-order valence-corrected chi connectivity index (χ3v) is 4.20. The SMILES string of the molecule is Cc1ccc(CN2C(=O)CCc3cc(Br)ccc32)cc1. The summed E-state index contributed by atoms with van der Waals surface area (Å²) in [5.41, 5.74) is 4.69. The van der Waals surface area contributed by atoms with Gasteiger partial charge >= 0.3 is 0 Å². The third-order valence-electron chi connectivity index (χ3n) is 3.70. The average molecular weight is 330 g/mol. The Balaban J connectivity index is 1.93. The fourth-order valence-corrected chi connectivity index (χ4v) is 2.99. The van der Waals surface area contributed by atoms with Crippen molar-refractivity contribution in [3.05, 3.63) is 63.6 Å². The largest absolute Gasteiger partial charge is 0.308 e. The first-order chi connectivity index (χ1) is 9.63. The predicted molar refractivity (Wildman–Crippen MR) is 84.8 cm³/mol. The standard InChI is InChI=1S/C17H16BrNO/c1-12-2-4-13(5-3-12)11-19-16-8-7-15(18)10-14(16)6-9-17(19)20/h2-5,7-8,10H,6,9,11H2,1H3. The molecule has 0 saturated heterocycles. The fraction of sp³-hybridized carbons (Fsp3) is 0.235. The number of halogens is 1. The summed E-state index contributed by atoms with van der Waals surface area (Å²) in [6.45, 7) is 2.72. The van der Waals surface area contributed by atoms with Crippen LogP contribution < -0.4 is 4.90 Å². The van der Waals surface area contributed by atoms with Crippen LogP contribution in [0.2, 0.25) is 0 Å². The molecule has 2 aromatic carbocycles. The first-order valence-electron chi connectivity index (χ1n) is 6.78. The number of hydrogen-bond donors (Lipinski definition) is 0. The Morgan fingerprint density at radius 3 is 2.60 bits per heavy atom. The molecule has 0 aromatic heterocycles. The van der Waals surface area contributed by atoms with Crippen molar-refractivity contribution in [2.24, 2.45) is 0 Å². The lowest BCUT2D eigenvalue weighted by Gasteiger charge is -2.29. The Bertz CT molecular complexity index is 649. The maximum Gasteiger partial charge on any atom is 0.227 e. The van der Waals surface area contributed by atoms with Crippen molar-refractivity contribution in [1.29, 1.82) is 0 Å². The Kier molecular flexibility index (Phi) is 3.62. The summed E-state index contributed by atoms with van der Waals surface area (Å²) < 4.78 is 1.07. The van der Waals surface area contributed by atoms with Gasteiger partial charge in [0.1, 0.15) is 0 Å². The molecule has 0 atom stereocenters. The molecule has 1 amide bonds. The third kappa shape index (κ3) is 2.63. The van der Waals surface area contributed by atoms with E-state index < -0.39 is 0 Å². The maximum absolute atomic E-state index is 12.2. The molecule has 0 aliphatic carbocycles. The molecular formula is C17H16BrNO. The van der Waals surface area contributed by atoms with Crippen LogP contribution in [0.4, 0.5) is 5.69 Å². The van der Waals surface area contributed by atoms with E-state index in [1.54, 1.807) is 0 Å². The second kappa shape index (κ2) is 5.41. The zero-order chi connectivity index (χ0) is 14.1. The van der Waals surface area contributed by atoms with E-state index in [-0.39, 0.29) is 5.91 Å². The van der Waals surface area contributed by atoms with Crippen LogP contribution in [0.5, 0.6) is 0 Å². The van der Waals surface area contributed by atoms with E-state index in [1.165, 1.54) is 16.7 Å². The molecule has 0 radical (unpaired) electrons. The molecule has 1 heterocycles. The molecule has 1 aliphatic heterocycles. The average Bonchev–Trinajstić information content (AvgIpc) is 2.44. The quantitative estimate of drug-likeness (QED) is 0.807. The minimum Gasteiger partial charge on any atom is -0.308 e. The van der Waals surface area contributed by atoms with Gasteiger partial charge in [0.25, 0.3) is 0 Å². The molecule has 2 aromatic rings. The summed E-state index contributed by atoms with van der Waals surface area (Å²) in [5.74, 6) is 0.209. The van der Waals surface area contributed by atoms with E-state index in [0.717, 1.165) is 16.6 Å². The second-order valence-electron chi connectivity index (χ2n) is 5.24. The van der Waals surface area contributed by atoms with Gasteiger partial charge in [0, 0.05) is 16.6 Å². The Morgan fingerprint density at radius 1 is 1.10 bits per heavy atom. The summed E-state index contributed by atoms with van der Waals surface area (Å²) in [6, 6.07) is 14.5. The number of hydrogen-bond acceptors (Lipinski definition) is 1. The first-order valence-corrected chi connectivity index (χ1v) is 7.57. The van der Waals surface area contributed by atoms with Gasteiger partial charge in [-0.15, -0.1) is 0 Å². The highest BCUT2D eigenvalue weighted by atomic mass is 79.9. The molecule has 20 heavy (non-hydrogen) atoms. The Morgan fingerprint density at radius 2 is 1.85 bits per heavy atom. The maximum atomic E-state index is 12.2. The monoisotopic (exact) mass is 329 g/mol. The van der Waals surface area contributed by atoms with Gasteiger partial charge in [-0.3, -0.25) is 4.79 Å². The van der Waals surface area contributed by atoms with E-state index in [4.69, 9.17) is 0 Å². The minimum absolute atomic E-state index is 0.209. The molecule has 0 saturated carbocycles. The molecule has 0 N–H and O–H groups in total. The normalized spacial score (nSPS) is 14.3. The molecule has 0 bridgehead atoms. The van der Waals surface area contributed by atoms with E-state index in [9.17, 15) is 4.79 Å². The van der Waals surface area contributed by atoms with Crippen LogP contribution in [0.25, 0.3) is 0 Å². The zero-order valence-corrected chi connectivity index (χ0v) is 13.0. The number of fused-ring (bicyclic) bond motifs is 1. The molecule has 0 unspecified atom stereocenters. The van der Waals surface area contributed by atoms with Gasteiger partial charge in [-0.25, -0.2) is 0 Å². The van der Waals surface area contributed by atoms with Crippen molar-refractivity contribution < 1.29 is 4.79 Å². The number of benzene rings is 2. The van der Waals surface area contributed by atoms with E-state index in [2.05, 4.69) is 53.2 Å². The van der Waals surface area contributed by atoms with Gasteiger partial charge in [0.05, 0.1) is 6.54 Å². The lowest BCUT2D eigenvalue weighted by molar-refractivity contribution is -0.119. The van der Waals surface area contributed by atoms with Crippen molar-refractivity contribution in [3.63, 3.8) is 0 Å². The van der Waals surface area contributed by atoms with Crippen molar-refractivity contribution >= 4 is 27.5 Å². The molecule has 3 rings (SSSR count). The van der Waals surface area contributed by atoms with Crippen LogP contribution in [0.1, 0.15) is 23.1 Å². The summed E-state index contributed by atoms with van der Waals surface area (Å²) in [5, 5.41) is 0. The highest BCUT2D eigenvalue weighted by Gasteiger charge is 2.24. The Labute approximate surface area is 127 Å². The van der Waals surface area contributed by atoms with Crippen LogP contribution >= 0.6 is 15.9 Å². The van der Waals surface area contributed by atoms with Gasteiger partial charge in [-0.2, -0.15) is 0 Å². The van der Waals surface area contributed by atoms with E-state index in [0.29, 0.717) is 13.0 Å². The number of carbonyl (C=O) groups excluding carboxylic acids is 1. The van der Waals surface area contributed by atoms with Crippen LogP contribution in [0.3, 0.4) is 0 Å².